The van der Waals surface area contributed by atoms with E-state index in [-0.39, 0.29) is 11.6 Å². The highest BCUT2D eigenvalue weighted by molar-refractivity contribution is 5.41. The Labute approximate surface area is 111 Å². The molecule has 0 fully saturated rings. The summed E-state index contributed by atoms with van der Waals surface area (Å²) in [5, 5.41) is 3.26. The van der Waals surface area contributed by atoms with Crippen LogP contribution in [-0.4, -0.2) is 19.7 Å². The third kappa shape index (κ3) is 3.03. The molecule has 1 aromatic rings. The van der Waals surface area contributed by atoms with Gasteiger partial charge in [-0.15, -0.1) is 0 Å². The lowest BCUT2D eigenvalue weighted by atomic mass is 9.87. The molecule has 0 aromatic heterocycles. The van der Waals surface area contributed by atoms with Crippen LogP contribution in [0.15, 0.2) is 18.2 Å². The maximum Gasteiger partial charge on any atom is 0.122 e. The molecule has 3 nitrogen and oxygen atoms in total. The number of nitrogens with two attached hydrogens (primary N) is 1. The highest BCUT2D eigenvalue weighted by Gasteiger charge is 2.26. The van der Waals surface area contributed by atoms with Crippen molar-refractivity contribution < 1.29 is 4.74 Å². The Kier molecular flexibility index (Phi) is 4.77. The molecule has 18 heavy (non-hydrogen) atoms. The van der Waals surface area contributed by atoms with E-state index >= 15 is 0 Å². The molecule has 0 saturated carbocycles. The lowest BCUT2D eigenvalue weighted by Gasteiger charge is -2.32. The fraction of sp³-hybridized carbons (Fsp3) is 0.600. The molecule has 1 unspecified atom stereocenters. The topological polar surface area (TPSA) is 47.3 Å². The van der Waals surface area contributed by atoms with Gasteiger partial charge in [-0.2, -0.15) is 0 Å². The standard InChI is InChI=1S/C15H26N2O/c1-10(2)12-9-11(7-8-13(12)18-6)14(16)15(3,4)17-5/h7-10,14,17H,16H2,1-6H3. The van der Waals surface area contributed by atoms with Gasteiger partial charge in [-0.1, -0.05) is 26.0 Å². The lowest BCUT2D eigenvalue weighted by molar-refractivity contribution is 0.347. The summed E-state index contributed by atoms with van der Waals surface area (Å²) >= 11 is 0. The molecule has 0 radical (unpaired) electrons. The van der Waals surface area contributed by atoms with Crippen LogP contribution in [0.4, 0.5) is 0 Å². The summed E-state index contributed by atoms with van der Waals surface area (Å²) in [6.45, 7) is 8.54. The number of methoxy groups -OCH3 is 1. The molecule has 3 heteroatoms. The van der Waals surface area contributed by atoms with Crippen LogP contribution >= 0.6 is 0 Å². The van der Waals surface area contributed by atoms with Crippen molar-refractivity contribution in [3.05, 3.63) is 29.3 Å². The van der Waals surface area contributed by atoms with Gasteiger partial charge >= 0.3 is 0 Å². The molecule has 1 rings (SSSR count). The number of ether oxygens (including phenoxy) is 1. The Morgan fingerprint density at radius 3 is 2.33 bits per heavy atom. The molecule has 0 spiro atoms. The van der Waals surface area contributed by atoms with Gasteiger partial charge in [-0.3, -0.25) is 0 Å². The molecule has 0 aliphatic heterocycles. The average molecular weight is 250 g/mol. The van der Waals surface area contributed by atoms with E-state index in [0.717, 1.165) is 11.3 Å². The van der Waals surface area contributed by atoms with Crippen LogP contribution < -0.4 is 15.8 Å². The molecule has 0 aliphatic rings. The largest absolute Gasteiger partial charge is 0.496 e. The normalized spacial score (nSPS) is 13.8. The molecular weight excluding hydrogens is 224 g/mol. The van der Waals surface area contributed by atoms with E-state index in [4.69, 9.17) is 10.5 Å². The van der Waals surface area contributed by atoms with Crippen LogP contribution in [0.25, 0.3) is 0 Å². The van der Waals surface area contributed by atoms with Crippen LogP contribution in [0.1, 0.15) is 50.8 Å². The molecule has 1 atom stereocenters. The third-order valence-electron chi connectivity index (χ3n) is 3.66. The van der Waals surface area contributed by atoms with Crippen molar-refractivity contribution >= 4 is 0 Å². The van der Waals surface area contributed by atoms with E-state index in [1.807, 2.05) is 13.1 Å². The van der Waals surface area contributed by atoms with Gasteiger partial charge in [0.1, 0.15) is 5.75 Å². The first-order chi connectivity index (χ1) is 8.33. The van der Waals surface area contributed by atoms with E-state index in [0.29, 0.717) is 5.92 Å². The second-order valence-electron chi connectivity index (χ2n) is 5.61. The fourth-order valence-electron chi connectivity index (χ4n) is 1.97. The van der Waals surface area contributed by atoms with E-state index < -0.39 is 0 Å². The van der Waals surface area contributed by atoms with Crippen molar-refractivity contribution in [3.8, 4) is 5.75 Å². The number of hydrogen-bond donors (Lipinski definition) is 2. The van der Waals surface area contributed by atoms with Crippen LogP contribution in [0, 0.1) is 0 Å². The van der Waals surface area contributed by atoms with Gasteiger partial charge in [0.05, 0.1) is 7.11 Å². The van der Waals surface area contributed by atoms with Gasteiger partial charge in [-0.05, 0) is 44.0 Å². The summed E-state index contributed by atoms with van der Waals surface area (Å²) in [6, 6.07) is 6.17. The summed E-state index contributed by atoms with van der Waals surface area (Å²) in [4.78, 5) is 0. The van der Waals surface area contributed by atoms with E-state index in [9.17, 15) is 0 Å². The second kappa shape index (κ2) is 5.72. The predicted molar refractivity (Wildman–Crippen MR) is 77.2 cm³/mol. The summed E-state index contributed by atoms with van der Waals surface area (Å²) in [6.07, 6.45) is 0. The quantitative estimate of drug-likeness (QED) is 0.844. The highest BCUT2D eigenvalue weighted by atomic mass is 16.5. The van der Waals surface area contributed by atoms with Crippen molar-refractivity contribution in [2.45, 2.75) is 45.2 Å². The van der Waals surface area contributed by atoms with Gasteiger partial charge < -0.3 is 15.8 Å². The molecule has 3 N–H and O–H groups in total. The first kappa shape index (κ1) is 15.0. The third-order valence-corrected chi connectivity index (χ3v) is 3.66. The predicted octanol–water partition coefficient (Wildman–Crippen LogP) is 2.82. The van der Waals surface area contributed by atoms with Crippen LogP contribution in [-0.2, 0) is 0 Å². The van der Waals surface area contributed by atoms with Crippen LogP contribution in [0.3, 0.4) is 0 Å². The van der Waals surface area contributed by atoms with E-state index in [1.165, 1.54) is 5.56 Å². The molecule has 1 aromatic carbocycles. The zero-order chi connectivity index (χ0) is 13.9. The Morgan fingerprint density at radius 1 is 1.28 bits per heavy atom. The summed E-state index contributed by atoms with van der Waals surface area (Å²) in [5.74, 6) is 1.35. The minimum atomic E-state index is -0.136. The second-order valence-corrected chi connectivity index (χ2v) is 5.61. The first-order valence-corrected chi connectivity index (χ1v) is 6.45. The summed E-state index contributed by atoms with van der Waals surface area (Å²) in [7, 11) is 3.64. The molecule has 0 heterocycles. The van der Waals surface area contributed by atoms with Gasteiger partial charge in [0.15, 0.2) is 0 Å². The summed E-state index contributed by atoms with van der Waals surface area (Å²) in [5.41, 5.74) is 8.55. The number of benzene rings is 1. The maximum atomic E-state index is 6.34. The Balaban J connectivity index is 3.16. The zero-order valence-electron chi connectivity index (χ0n) is 12.4. The van der Waals surface area contributed by atoms with Crippen molar-refractivity contribution in [3.63, 3.8) is 0 Å². The van der Waals surface area contributed by atoms with Crippen LogP contribution in [0.5, 0.6) is 5.75 Å². The Hall–Kier alpha value is -1.06. The van der Waals surface area contributed by atoms with Gasteiger partial charge in [0, 0.05) is 11.6 Å². The van der Waals surface area contributed by atoms with Gasteiger partial charge in [-0.25, -0.2) is 0 Å². The molecular formula is C15H26N2O. The van der Waals surface area contributed by atoms with E-state index in [1.54, 1.807) is 7.11 Å². The molecule has 0 bridgehead atoms. The minimum Gasteiger partial charge on any atom is -0.496 e. The SMILES string of the molecule is CNC(C)(C)C(N)c1ccc(OC)c(C(C)C)c1. The molecule has 0 aliphatic carbocycles. The number of nitrogens with one attached hydrogen (secondary N) is 1. The van der Waals surface area contributed by atoms with Gasteiger partial charge in [0.2, 0.25) is 0 Å². The smallest absolute Gasteiger partial charge is 0.122 e. The number of rotatable bonds is 5. The van der Waals surface area contributed by atoms with Crippen molar-refractivity contribution in [1.82, 2.24) is 5.32 Å². The number of likely N-dealkylation sites (N-methyl/N-ethyl adjacent to an activating group) is 1. The summed E-state index contributed by atoms with van der Waals surface area (Å²) < 4.78 is 5.40. The monoisotopic (exact) mass is 250 g/mol. The lowest BCUT2D eigenvalue weighted by Crippen LogP contribution is -2.46. The van der Waals surface area contributed by atoms with Crippen molar-refractivity contribution in [1.29, 1.82) is 0 Å². The molecule has 102 valence electrons. The van der Waals surface area contributed by atoms with Gasteiger partial charge in [0.25, 0.3) is 0 Å². The number of hydrogen-bond acceptors (Lipinski definition) is 3. The Morgan fingerprint density at radius 2 is 1.89 bits per heavy atom. The Bertz CT molecular complexity index is 399. The first-order valence-electron chi connectivity index (χ1n) is 6.45. The minimum absolute atomic E-state index is 0.0501. The molecule has 0 amide bonds. The van der Waals surface area contributed by atoms with E-state index in [2.05, 4.69) is 45.1 Å². The molecule has 0 saturated heterocycles. The van der Waals surface area contributed by atoms with Crippen molar-refractivity contribution in [2.24, 2.45) is 5.73 Å². The zero-order valence-corrected chi connectivity index (χ0v) is 12.4. The van der Waals surface area contributed by atoms with Crippen LogP contribution in [0.2, 0.25) is 0 Å². The maximum absolute atomic E-state index is 6.34. The highest BCUT2D eigenvalue weighted by Crippen LogP contribution is 2.31. The average Bonchev–Trinajstić information content (AvgIpc) is 2.36. The fourth-order valence-corrected chi connectivity index (χ4v) is 1.97. The van der Waals surface area contributed by atoms with Crippen molar-refractivity contribution in [2.75, 3.05) is 14.2 Å².